The number of pyridine rings is 1. The fraction of sp³-hybridized carbons (Fsp3) is 0.474. The number of rotatable bonds is 5. The van der Waals surface area contributed by atoms with Crippen molar-refractivity contribution in [2.75, 3.05) is 13.2 Å². The molecule has 1 N–H and O–H groups in total. The normalized spacial score (nSPS) is 26.3. The first-order valence-electron chi connectivity index (χ1n) is 8.84. The predicted molar refractivity (Wildman–Crippen MR) is 91.5 cm³/mol. The lowest BCUT2D eigenvalue weighted by Crippen LogP contribution is -2.52. The summed E-state index contributed by atoms with van der Waals surface area (Å²) in [4.78, 5) is 19.1. The number of hydrogen-bond acceptors (Lipinski definition) is 5. The maximum absolute atomic E-state index is 12.7. The lowest BCUT2D eigenvalue weighted by Gasteiger charge is -2.39. The first kappa shape index (κ1) is 16.3. The van der Waals surface area contributed by atoms with Gasteiger partial charge in [0, 0.05) is 38.1 Å². The number of aromatic nitrogens is 1. The molecule has 2 fully saturated rings. The zero-order valence-corrected chi connectivity index (χ0v) is 14.1. The highest BCUT2D eigenvalue weighted by molar-refractivity contribution is 5.79. The standard InChI is InChI=1S/C19H23N3O3/c23-19(21-11-14-3-1-6-20-10-14)15-9-18-17(5-8-25-18)22(12-15)13-16-4-2-7-24-16/h1-4,6-7,10,15,17-18H,5,8-9,11-13H2,(H,21,23)/t15-,17-,18-/m1/s1. The quantitative estimate of drug-likeness (QED) is 0.901. The van der Waals surface area contributed by atoms with Gasteiger partial charge in [0.1, 0.15) is 5.76 Å². The molecule has 0 aliphatic carbocycles. The van der Waals surface area contributed by atoms with E-state index in [4.69, 9.17) is 9.15 Å². The fourth-order valence-electron chi connectivity index (χ4n) is 3.86. The second kappa shape index (κ2) is 7.37. The van der Waals surface area contributed by atoms with E-state index in [2.05, 4.69) is 15.2 Å². The third-order valence-corrected chi connectivity index (χ3v) is 5.11. The Morgan fingerprint density at radius 1 is 1.36 bits per heavy atom. The average Bonchev–Trinajstić information content (AvgIpc) is 3.32. The molecule has 3 atom stereocenters. The Balaban J connectivity index is 1.40. The fourth-order valence-corrected chi connectivity index (χ4v) is 3.86. The Kier molecular flexibility index (Phi) is 4.81. The smallest absolute Gasteiger partial charge is 0.224 e. The van der Waals surface area contributed by atoms with Crippen LogP contribution in [0.4, 0.5) is 0 Å². The zero-order chi connectivity index (χ0) is 17.1. The summed E-state index contributed by atoms with van der Waals surface area (Å²) in [5, 5.41) is 3.04. The Hall–Kier alpha value is -2.18. The van der Waals surface area contributed by atoms with E-state index in [0.29, 0.717) is 12.6 Å². The van der Waals surface area contributed by atoms with Crippen molar-refractivity contribution in [2.45, 2.75) is 38.1 Å². The van der Waals surface area contributed by atoms with Crippen LogP contribution in [0.5, 0.6) is 0 Å². The Labute approximate surface area is 147 Å². The number of piperidine rings is 1. The van der Waals surface area contributed by atoms with Crippen LogP contribution in [0.1, 0.15) is 24.2 Å². The molecule has 25 heavy (non-hydrogen) atoms. The van der Waals surface area contributed by atoms with Crippen LogP contribution in [-0.4, -0.2) is 41.1 Å². The van der Waals surface area contributed by atoms with Gasteiger partial charge < -0.3 is 14.5 Å². The molecule has 2 aromatic rings. The van der Waals surface area contributed by atoms with Gasteiger partial charge in [0.05, 0.1) is 24.8 Å². The minimum absolute atomic E-state index is 0.0639. The number of carbonyl (C=O) groups excluding carboxylic acids is 1. The van der Waals surface area contributed by atoms with E-state index in [9.17, 15) is 4.79 Å². The SMILES string of the molecule is O=C(NCc1cccnc1)[C@@H]1C[C@H]2OCC[C@H]2N(Cc2ccco2)C1. The molecule has 0 saturated carbocycles. The molecular formula is C19H23N3O3. The van der Waals surface area contributed by atoms with Crippen molar-refractivity contribution < 1.29 is 13.9 Å². The van der Waals surface area contributed by atoms with Crippen molar-refractivity contribution in [2.24, 2.45) is 5.92 Å². The number of ether oxygens (including phenoxy) is 1. The van der Waals surface area contributed by atoms with E-state index in [1.807, 2.05) is 24.3 Å². The van der Waals surface area contributed by atoms with Crippen molar-refractivity contribution in [3.8, 4) is 0 Å². The molecule has 2 aliphatic heterocycles. The van der Waals surface area contributed by atoms with Crippen LogP contribution in [0, 0.1) is 5.92 Å². The first-order valence-corrected chi connectivity index (χ1v) is 8.84. The van der Waals surface area contributed by atoms with Crippen LogP contribution < -0.4 is 5.32 Å². The van der Waals surface area contributed by atoms with Gasteiger partial charge in [-0.2, -0.15) is 0 Å². The van der Waals surface area contributed by atoms with Crippen LogP contribution in [0.25, 0.3) is 0 Å². The second-order valence-corrected chi connectivity index (χ2v) is 6.79. The molecule has 6 nitrogen and oxygen atoms in total. The minimum Gasteiger partial charge on any atom is -0.468 e. The van der Waals surface area contributed by atoms with Crippen molar-refractivity contribution in [3.05, 3.63) is 54.2 Å². The molecular weight excluding hydrogens is 318 g/mol. The van der Waals surface area contributed by atoms with Gasteiger partial charge in [0.2, 0.25) is 5.91 Å². The summed E-state index contributed by atoms with van der Waals surface area (Å²) in [6.07, 6.45) is 7.16. The first-order chi connectivity index (χ1) is 12.3. The molecule has 2 aromatic heterocycles. The number of fused-ring (bicyclic) bond motifs is 1. The summed E-state index contributed by atoms with van der Waals surface area (Å²) in [6.45, 7) is 2.75. The van der Waals surface area contributed by atoms with Crippen LogP contribution in [-0.2, 0) is 22.6 Å². The van der Waals surface area contributed by atoms with Crippen LogP contribution in [0.2, 0.25) is 0 Å². The summed E-state index contributed by atoms with van der Waals surface area (Å²) in [5.41, 5.74) is 1.01. The molecule has 1 amide bonds. The molecule has 2 saturated heterocycles. The summed E-state index contributed by atoms with van der Waals surface area (Å²) >= 11 is 0. The average molecular weight is 341 g/mol. The highest BCUT2D eigenvalue weighted by Gasteiger charge is 2.42. The second-order valence-electron chi connectivity index (χ2n) is 6.79. The van der Waals surface area contributed by atoms with E-state index in [-0.39, 0.29) is 17.9 Å². The maximum atomic E-state index is 12.7. The maximum Gasteiger partial charge on any atom is 0.224 e. The van der Waals surface area contributed by atoms with E-state index in [1.54, 1.807) is 18.7 Å². The largest absolute Gasteiger partial charge is 0.468 e. The van der Waals surface area contributed by atoms with Gasteiger partial charge in [-0.25, -0.2) is 0 Å². The van der Waals surface area contributed by atoms with E-state index >= 15 is 0 Å². The van der Waals surface area contributed by atoms with Gasteiger partial charge in [-0.3, -0.25) is 14.7 Å². The molecule has 0 bridgehead atoms. The molecule has 0 unspecified atom stereocenters. The van der Waals surface area contributed by atoms with Gasteiger partial charge in [0.15, 0.2) is 0 Å². The third kappa shape index (κ3) is 3.75. The monoisotopic (exact) mass is 341 g/mol. The molecule has 2 aliphatic rings. The van der Waals surface area contributed by atoms with E-state index < -0.39 is 0 Å². The number of amides is 1. The molecule has 0 spiro atoms. The van der Waals surface area contributed by atoms with Gasteiger partial charge in [-0.15, -0.1) is 0 Å². The zero-order valence-electron chi connectivity index (χ0n) is 14.1. The summed E-state index contributed by atoms with van der Waals surface area (Å²) in [5.74, 6) is 0.954. The minimum atomic E-state index is -0.0639. The van der Waals surface area contributed by atoms with Crippen LogP contribution >= 0.6 is 0 Å². The number of furan rings is 1. The summed E-state index contributed by atoms with van der Waals surface area (Å²) in [7, 11) is 0. The molecule has 6 heteroatoms. The molecule has 4 heterocycles. The number of nitrogens with zero attached hydrogens (tertiary/aromatic N) is 2. The summed E-state index contributed by atoms with van der Waals surface area (Å²) in [6, 6.07) is 8.11. The lowest BCUT2D eigenvalue weighted by atomic mass is 9.89. The third-order valence-electron chi connectivity index (χ3n) is 5.11. The van der Waals surface area contributed by atoms with Crippen molar-refractivity contribution in [1.82, 2.24) is 15.2 Å². The molecule has 0 radical (unpaired) electrons. The van der Waals surface area contributed by atoms with Gasteiger partial charge in [-0.05, 0) is 36.6 Å². The Bertz CT molecular complexity index is 689. The molecule has 4 rings (SSSR count). The Morgan fingerprint density at radius 3 is 3.12 bits per heavy atom. The number of hydrogen-bond donors (Lipinski definition) is 1. The number of nitrogens with one attached hydrogen (secondary N) is 1. The Morgan fingerprint density at radius 2 is 2.32 bits per heavy atom. The number of carbonyl (C=O) groups is 1. The van der Waals surface area contributed by atoms with E-state index in [0.717, 1.165) is 43.9 Å². The van der Waals surface area contributed by atoms with Gasteiger partial charge >= 0.3 is 0 Å². The summed E-state index contributed by atoms with van der Waals surface area (Å²) < 4.78 is 11.4. The highest BCUT2D eigenvalue weighted by Crippen LogP contribution is 2.32. The topological polar surface area (TPSA) is 67.6 Å². The van der Waals surface area contributed by atoms with Crippen molar-refractivity contribution in [1.29, 1.82) is 0 Å². The predicted octanol–water partition coefficient (Wildman–Crippen LogP) is 1.97. The highest BCUT2D eigenvalue weighted by atomic mass is 16.5. The molecule has 132 valence electrons. The van der Waals surface area contributed by atoms with Gasteiger partial charge in [-0.1, -0.05) is 6.07 Å². The van der Waals surface area contributed by atoms with Gasteiger partial charge in [0.25, 0.3) is 0 Å². The van der Waals surface area contributed by atoms with E-state index in [1.165, 1.54) is 0 Å². The van der Waals surface area contributed by atoms with Crippen molar-refractivity contribution in [3.63, 3.8) is 0 Å². The lowest BCUT2D eigenvalue weighted by molar-refractivity contribution is -0.130. The van der Waals surface area contributed by atoms with Crippen LogP contribution in [0.15, 0.2) is 47.3 Å². The number of likely N-dealkylation sites (tertiary alicyclic amines) is 1. The molecule has 0 aromatic carbocycles. The van der Waals surface area contributed by atoms with Crippen molar-refractivity contribution >= 4 is 5.91 Å². The van der Waals surface area contributed by atoms with Crippen LogP contribution in [0.3, 0.4) is 0 Å².